The molecule has 0 saturated heterocycles. The maximum atomic E-state index is 11.2. The summed E-state index contributed by atoms with van der Waals surface area (Å²) in [6, 6.07) is 11.2. The molecule has 1 aromatic heterocycles. The number of nitro groups is 1. The molecule has 2 aromatic carbocycles. The summed E-state index contributed by atoms with van der Waals surface area (Å²) in [6.45, 7) is 0. The zero-order valence-electron chi connectivity index (χ0n) is 12.0. The van der Waals surface area contributed by atoms with Crippen LogP contribution in [-0.2, 0) is 0 Å². The van der Waals surface area contributed by atoms with Crippen LogP contribution >= 0.6 is 23.4 Å². The number of nitro benzene ring substituents is 1. The van der Waals surface area contributed by atoms with Crippen molar-refractivity contribution in [2.75, 3.05) is 0 Å². The van der Waals surface area contributed by atoms with E-state index in [1.807, 2.05) is 0 Å². The monoisotopic (exact) mass is 360 g/mol. The number of H-pyrrole nitrogens is 1. The first kappa shape index (κ1) is 16.2. The Morgan fingerprint density at radius 3 is 2.62 bits per heavy atom. The molecule has 0 radical (unpaired) electrons. The third kappa shape index (κ3) is 3.44. The number of aromatic nitrogens is 3. The summed E-state index contributed by atoms with van der Waals surface area (Å²) in [4.78, 5) is 26.3. The van der Waals surface area contributed by atoms with Crippen LogP contribution in [0.15, 0.2) is 52.5 Å². The highest BCUT2D eigenvalue weighted by atomic mass is 35.5. The van der Waals surface area contributed by atoms with Gasteiger partial charge in [-0.1, -0.05) is 11.6 Å². The molecule has 9 heteroatoms. The molecule has 0 fully saturated rings. The summed E-state index contributed by atoms with van der Waals surface area (Å²) in [5.41, 5.74) is 0.892. The molecule has 0 aliphatic carbocycles. The van der Waals surface area contributed by atoms with E-state index in [1.54, 1.807) is 24.3 Å². The molecule has 0 aliphatic heterocycles. The van der Waals surface area contributed by atoms with E-state index in [0.29, 0.717) is 27.2 Å². The van der Waals surface area contributed by atoms with Crippen molar-refractivity contribution in [3.8, 4) is 11.4 Å². The minimum Gasteiger partial charge on any atom is -0.298 e. The number of rotatable bonds is 5. The van der Waals surface area contributed by atoms with Crippen molar-refractivity contribution in [1.29, 1.82) is 0 Å². The van der Waals surface area contributed by atoms with Crippen LogP contribution in [0.3, 0.4) is 0 Å². The lowest BCUT2D eigenvalue weighted by atomic mass is 10.2. The first-order chi connectivity index (χ1) is 11.6. The van der Waals surface area contributed by atoms with Gasteiger partial charge in [0.1, 0.15) is 0 Å². The second-order valence-corrected chi connectivity index (χ2v) is 6.12. The topological polar surface area (TPSA) is 102 Å². The summed E-state index contributed by atoms with van der Waals surface area (Å²) in [7, 11) is 0. The first-order valence-electron chi connectivity index (χ1n) is 6.66. The Balaban J connectivity index is 1.86. The van der Waals surface area contributed by atoms with Gasteiger partial charge in [-0.2, -0.15) is 0 Å². The molecule has 7 nitrogen and oxygen atoms in total. The van der Waals surface area contributed by atoms with E-state index < -0.39 is 4.92 Å². The molecule has 24 heavy (non-hydrogen) atoms. The van der Waals surface area contributed by atoms with Gasteiger partial charge in [0, 0.05) is 33.2 Å². The zero-order chi connectivity index (χ0) is 17.1. The highest BCUT2D eigenvalue weighted by molar-refractivity contribution is 7.99. The predicted octanol–water partition coefficient (Wildman–Crippen LogP) is 4.00. The van der Waals surface area contributed by atoms with E-state index in [1.165, 1.54) is 18.2 Å². The van der Waals surface area contributed by atoms with Crippen LogP contribution in [0.25, 0.3) is 11.4 Å². The second-order valence-electron chi connectivity index (χ2n) is 4.67. The van der Waals surface area contributed by atoms with E-state index in [2.05, 4.69) is 15.2 Å². The largest absolute Gasteiger partial charge is 0.298 e. The van der Waals surface area contributed by atoms with Gasteiger partial charge in [-0.25, -0.2) is 4.98 Å². The number of nitrogens with zero attached hydrogens (tertiary/aromatic N) is 3. The summed E-state index contributed by atoms with van der Waals surface area (Å²) in [5.74, 6) is 0.559. The minimum atomic E-state index is -0.549. The Hall–Kier alpha value is -2.71. The molecule has 1 heterocycles. The highest BCUT2D eigenvalue weighted by Crippen LogP contribution is 2.30. The lowest BCUT2D eigenvalue weighted by molar-refractivity contribution is -0.384. The van der Waals surface area contributed by atoms with E-state index in [9.17, 15) is 14.9 Å². The van der Waals surface area contributed by atoms with Gasteiger partial charge in [-0.05, 0) is 42.1 Å². The summed E-state index contributed by atoms with van der Waals surface area (Å²) in [5, 5.41) is 18.7. The molecule has 0 unspecified atom stereocenters. The number of nitrogens with one attached hydrogen (secondary N) is 1. The third-order valence-corrected chi connectivity index (χ3v) is 4.32. The van der Waals surface area contributed by atoms with Gasteiger partial charge in [-0.15, -0.1) is 5.10 Å². The maximum absolute atomic E-state index is 11.2. The highest BCUT2D eigenvalue weighted by Gasteiger charge is 2.14. The smallest absolute Gasteiger partial charge is 0.270 e. The molecule has 0 bridgehead atoms. The van der Waals surface area contributed by atoms with Crippen LogP contribution in [0.5, 0.6) is 0 Å². The summed E-state index contributed by atoms with van der Waals surface area (Å²) < 4.78 is 0. The van der Waals surface area contributed by atoms with Gasteiger partial charge in [0.25, 0.3) is 5.69 Å². The van der Waals surface area contributed by atoms with Crippen molar-refractivity contribution in [1.82, 2.24) is 15.2 Å². The molecular weight excluding hydrogens is 352 g/mol. The maximum Gasteiger partial charge on any atom is 0.270 e. The van der Waals surface area contributed by atoms with E-state index >= 15 is 0 Å². The molecule has 0 aliphatic rings. The molecule has 3 rings (SSSR count). The fraction of sp³-hybridized carbons (Fsp3) is 0. The standard InChI is InChI=1S/C15H9ClN4O3S/c16-11-3-1-9(2-4-11)14-17-15(19-18-14)24-13-6-5-12(20(22)23)7-10(13)8-21/h1-8H,(H,17,18,19). The van der Waals surface area contributed by atoms with Crippen LogP contribution in [0.1, 0.15) is 10.4 Å². The van der Waals surface area contributed by atoms with Crippen molar-refractivity contribution in [2.24, 2.45) is 0 Å². The number of aldehydes is 1. The average Bonchev–Trinajstić information content (AvgIpc) is 3.04. The summed E-state index contributed by atoms with van der Waals surface area (Å²) >= 11 is 6.99. The van der Waals surface area contributed by atoms with Gasteiger partial charge in [0.05, 0.1) is 4.92 Å². The SMILES string of the molecule is O=Cc1cc([N+](=O)[O-])ccc1Sc1n[nH]c(-c2ccc(Cl)cc2)n1. The molecule has 0 saturated carbocycles. The fourth-order valence-corrected chi connectivity index (χ4v) is 2.87. The number of benzene rings is 2. The van der Waals surface area contributed by atoms with Crippen LogP contribution in [0, 0.1) is 10.1 Å². The number of hydrogen-bond donors (Lipinski definition) is 1. The normalized spacial score (nSPS) is 10.5. The van der Waals surface area contributed by atoms with Crippen molar-refractivity contribution >= 4 is 35.3 Å². The molecule has 0 atom stereocenters. The van der Waals surface area contributed by atoms with Crippen LogP contribution in [0.4, 0.5) is 5.69 Å². The molecular formula is C15H9ClN4O3S. The molecule has 0 amide bonds. The predicted molar refractivity (Wildman–Crippen MR) is 89.4 cm³/mol. The van der Waals surface area contributed by atoms with Gasteiger partial charge in [0.2, 0.25) is 5.16 Å². The third-order valence-electron chi connectivity index (χ3n) is 3.11. The molecule has 3 aromatic rings. The Labute approximate surface area is 145 Å². The van der Waals surface area contributed by atoms with E-state index in [-0.39, 0.29) is 11.3 Å². The number of carbonyl (C=O) groups excluding carboxylic acids is 1. The van der Waals surface area contributed by atoms with E-state index in [0.717, 1.165) is 17.3 Å². The molecule has 1 N–H and O–H groups in total. The number of hydrogen-bond acceptors (Lipinski definition) is 6. The van der Waals surface area contributed by atoms with Gasteiger partial charge < -0.3 is 0 Å². The van der Waals surface area contributed by atoms with Crippen molar-refractivity contribution in [3.63, 3.8) is 0 Å². The van der Waals surface area contributed by atoms with E-state index in [4.69, 9.17) is 11.6 Å². The van der Waals surface area contributed by atoms with Gasteiger partial charge >= 0.3 is 0 Å². The molecule has 0 spiro atoms. The lowest BCUT2D eigenvalue weighted by Crippen LogP contribution is -1.92. The number of carbonyl (C=O) groups is 1. The van der Waals surface area contributed by atoms with Crippen LogP contribution in [0.2, 0.25) is 5.02 Å². The van der Waals surface area contributed by atoms with Crippen LogP contribution < -0.4 is 0 Å². The average molecular weight is 361 g/mol. The van der Waals surface area contributed by atoms with Crippen molar-refractivity contribution < 1.29 is 9.72 Å². The Morgan fingerprint density at radius 2 is 1.96 bits per heavy atom. The minimum absolute atomic E-state index is 0.140. The number of halogens is 1. The fourth-order valence-electron chi connectivity index (χ4n) is 1.96. The quantitative estimate of drug-likeness (QED) is 0.419. The summed E-state index contributed by atoms with van der Waals surface area (Å²) in [6.07, 6.45) is 0.572. The lowest BCUT2D eigenvalue weighted by Gasteiger charge is -2.01. The van der Waals surface area contributed by atoms with Crippen molar-refractivity contribution in [3.05, 3.63) is 63.2 Å². The Kier molecular flexibility index (Phi) is 4.59. The Bertz CT molecular complexity index is 911. The Morgan fingerprint density at radius 1 is 1.21 bits per heavy atom. The number of non-ortho nitro benzene ring substituents is 1. The van der Waals surface area contributed by atoms with Crippen molar-refractivity contribution in [2.45, 2.75) is 10.1 Å². The second kappa shape index (κ2) is 6.81. The zero-order valence-corrected chi connectivity index (χ0v) is 13.5. The molecule has 120 valence electrons. The first-order valence-corrected chi connectivity index (χ1v) is 7.86. The van der Waals surface area contributed by atoms with Gasteiger partial charge in [0.15, 0.2) is 12.1 Å². The van der Waals surface area contributed by atoms with Crippen LogP contribution in [-0.4, -0.2) is 26.4 Å². The van der Waals surface area contributed by atoms with Gasteiger partial charge in [-0.3, -0.25) is 20.0 Å². The number of aromatic amines is 1.